The van der Waals surface area contributed by atoms with Crippen LogP contribution in [0.4, 0.5) is 5.82 Å². The predicted molar refractivity (Wildman–Crippen MR) is 78.5 cm³/mol. The molecule has 1 amide bonds. The minimum Gasteiger partial charge on any atom is -0.362 e. The number of nitrogens with one attached hydrogen (secondary N) is 2. The summed E-state index contributed by atoms with van der Waals surface area (Å²) in [5.41, 5.74) is 6.19. The number of aromatic nitrogens is 2. The smallest absolute Gasteiger partial charge is 0.271 e. The summed E-state index contributed by atoms with van der Waals surface area (Å²) in [5, 5.41) is 13.9. The lowest BCUT2D eigenvalue weighted by Crippen LogP contribution is -2.48. The van der Waals surface area contributed by atoms with Gasteiger partial charge in [-0.05, 0) is 43.7 Å². The number of hydrogen-bond donors (Lipinski definition) is 3. The lowest BCUT2D eigenvalue weighted by atomic mass is 9.77. The van der Waals surface area contributed by atoms with Gasteiger partial charge in [-0.25, -0.2) is 0 Å². The molecule has 20 heavy (non-hydrogen) atoms. The maximum absolute atomic E-state index is 11.4. The van der Waals surface area contributed by atoms with Gasteiger partial charge in [0.05, 0.1) is 5.54 Å². The third-order valence-electron chi connectivity index (χ3n) is 4.14. The molecule has 0 atom stereocenters. The fourth-order valence-corrected chi connectivity index (χ4v) is 2.61. The van der Waals surface area contributed by atoms with Gasteiger partial charge in [-0.2, -0.15) is 0 Å². The van der Waals surface area contributed by atoms with E-state index in [2.05, 4.69) is 27.8 Å². The summed E-state index contributed by atoms with van der Waals surface area (Å²) in [6, 6.07) is 3.46. The zero-order valence-corrected chi connectivity index (χ0v) is 12.1. The Morgan fingerprint density at radius 3 is 2.60 bits per heavy atom. The molecule has 1 aliphatic rings. The zero-order chi connectivity index (χ0) is 14.6. The summed E-state index contributed by atoms with van der Waals surface area (Å²) in [7, 11) is 1.57. The first-order valence-electron chi connectivity index (χ1n) is 7.12. The fraction of sp³-hybridized carbons (Fsp3) is 0.643. The number of carbonyl (C=O) groups excluding carboxylic acids is 1. The van der Waals surface area contributed by atoms with E-state index >= 15 is 0 Å². The molecular weight excluding hydrogens is 254 g/mol. The number of rotatable bonds is 4. The summed E-state index contributed by atoms with van der Waals surface area (Å²) in [5.74, 6) is 1.21. The molecule has 0 unspecified atom stereocenters. The third kappa shape index (κ3) is 3.25. The molecule has 0 spiro atoms. The van der Waals surface area contributed by atoms with Crippen molar-refractivity contribution in [3.63, 3.8) is 0 Å². The van der Waals surface area contributed by atoms with Crippen LogP contribution in [0.1, 0.15) is 43.1 Å². The first-order valence-corrected chi connectivity index (χ1v) is 7.12. The number of nitrogens with zero attached hydrogens (tertiary/aromatic N) is 2. The summed E-state index contributed by atoms with van der Waals surface area (Å²) < 4.78 is 0. The van der Waals surface area contributed by atoms with Crippen molar-refractivity contribution in [2.24, 2.45) is 11.7 Å². The molecule has 2 rings (SSSR count). The second-order valence-electron chi connectivity index (χ2n) is 5.67. The van der Waals surface area contributed by atoms with E-state index in [9.17, 15) is 4.79 Å². The van der Waals surface area contributed by atoms with Gasteiger partial charge in [-0.15, -0.1) is 10.2 Å². The van der Waals surface area contributed by atoms with Crippen LogP contribution in [0.15, 0.2) is 12.1 Å². The molecule has 6 heteroatoms. The van der Waals surface area contributed by atoms with E-state index in [-0.39, 0.29) is 11.4 Å². The topological polar surface area (TPSA) is 92.9 Å². The maximum Gasteiger partial charge on any atom is 0.271 e. The highest BCUT2D eigenvalue weighted by Gasteiger charge is 2.33. The van der Waals surface area contributed by atoms with Crippen molar-refractivity contribution in [3.05, 3.63) is 17.8 Å². The minimum atomic E-state index is -0.232. The van der Waals surface area contributed by atoms with Gasteiger partial charge in [0.15, 0.2) is 5.69 Å². The van der Waals surface area contributed by atoms with E-state index in [1.807, 2.05) is 0 Å². The Morgan fingerprint density at radius 2 is 2.10 bits per heavy atom. The van der Waals surface area contributed by atoms with E-state index in [0.29, 0.717) is 18.1 Å². The van der Waals surface area contributed by atoms with Gasteiger partial charge in [0.25, 0.3) is 5.91 Å². The number of carbonyl (C=O) groups is 1. The van der Waals surface area contributed by atoms with E-state index in [4.69, 9.17) is 5.73 Å². The molecule has 0 bridgehead atoms. The molecule has 1 saturated carbocycles. The van der Waals surface area contributed by atoms with Crippen molar-refractivity contribution in [2.45, 2.75) is 38.1 Å². The number of anilines is 1. The van der Waals surface area contributed by atoms with E-state index < -0.39 is 0 Å². The first kappa shape index (κ1) is 14.7. The van der Waals surface area contributed by atoms with Crippen molar-refractivity contribution < 1.29 is 4.79 Å². The van der Waals surface area contributed by atoms with Crippen LogP contribution >= 0.6 is 0 Å². The Bertz CT molecular complexity index is 451. The third-order valence-corrected chi connectivity index (χ3v) is 4.14. The second kappa shape index (κ2) is 6.17. The SMILES string of the molecule is CNC(=O)c1ccc(NC2(CN)CCC(C)CC2)nn1. The predicted octanol–water partition coefficient (Wildman–Crippen LogP) is 1.16. The van der Waals surface area contributed by atoms with E-state index in [1.165, 1.54) is 12.8 Å². The Hall–Kier alpha value is -1.69. The summed E-state index contributed by atoms with van der Waals surface area (Å²) in [4.78, 5) is 11.4. The summed E-state index contributed by atoms with van der Waals surface area (Å²) in [6.07, 6.45) is 4.44. The van der Waals surface area contributed by atoms with Crippen LogP contribution in [-0.4, -0.2) is 35.2 Å². The summed E-state index contributed by atoms with van der Waals surface area (Å²) in [6.45, 7) is 2.86. The van der Waals surface area contributed by atoms with Crippen LogP contribution in [-0.2, 0) is 0 Å². The lowest BCUT2D eigenvalue weighted by molar-refractivity contribution is 0.0957. The lowest BCUT2D eigenvalue weighted by Gasteiger charge is -2.39. The minimum absolute atomic E-state index is 0.0876. The molecule has 110 valence electrons. The van der Waals surface area contributed by atoms with E-state index in [1.54, 1.807) is 19.2 Å². The van der Waals surface area contributed by atoms with Crippen molar-refractivity contribution in [1.82, 2.24) is 15.5 Å². The van der Waals surface area contributed by atoms with Crippen LogP contribution in [0.2, 0.25) is 0 Å². The number of nitrogens with two attached hydrogens (primary N) is 1. The normalized spacial score (nSPS) is 26.1. The fourth-order valence-electron chi connectivity index (χ4n) is 2.61. The van der Waals surface area contributed by atoms with Gasteiger partial charge in [0.2, 0.25) is 0 Å². The van der Waals surface area contributed by atoms with Crippen molar-refractivity contribution in [1.29, 1.82) is 0 Å². The summed E-state index contributed by atoms with van der Waals surface area (Å²) >= 11 is 0. The Morgan fingerprint density at radius 1 is 1.40 bits per heavy atom. The molecule has 1 aromatic heterocycles. The standard InChI is InChI=1S/C14H23N5O/c1-10-5-7-14(9-15,8-6-10)17-12-4-3-11(18-19-12)13(20)16-2/h3-4,10H,5-9,15H2,1-2H3,(H,16,20)(H,17,19). The molecule has 1 fully saturated rings. The maximum atomic E-state index is 11.4. The quantitative estimate of drug-likeness (QED) is 0.768. The Labute approximate surface area is 119 Å². The molecule has 1 aliphatic carbocycles. The molecule has 4 N–H and O–H groups in total. The van der Waals surface area contributed by atoms with Crippen LogP contribution in [0.25, 0.3) is 0 Å². The molecule has 0 aliphatic heterocycles. The number of hydrogen-bond acceptors (Lipinski definition) is 5. The van der Waals surface area contributed by atoms with Gasteiger partial charge < -0.3 is 16.4 Å². The molecule has 0 radical (unpaired) electrons. The molecule has 6 nitrogen and oxygen atoms in total. The van der Waals surface area contributed by atoms with Crippen LogP contribution in [0.3, 0.4) is 0 Å². The van der Waals surface area contributed by atoms with Crippen LogP contribution < -0.4 is 16.4 Å². The van der Waals surface area contributed by atoms with Gasteiger partial charge in [-0.1, -0.05) is 6.92 Å². The van der Waals surface area contributed by atoms with Gasteiger partial charge in [0, 0.05) is 13.6 Å². The van der Waals surface area contributed by atoms with E-state index in [0.717, 1.165) is 18.8 Å². The Balaban J connectivity index is 2.06. The van der Waals surface area contributed by atoms with Gasteiger partial charge in [-0.3, -0.25) is 4.79 Å². The molecule has 0 saturated heterocycles. The second-order valence-corrected chi connectivity index (χ2v) is 5.67. The molecule has 1 aromatic rings. The Kier molecular flexibility index (Phi) is 4.54. The van der Waals surface area contributed by atoms with Crippen molar-refractivity contribution >= 4 is 11.7 Å². The largest absolute Gasteiger partial charge is 0.362 e. The van der Waals surface area contributed by atoms with Crippen molar-refractivity contribution in [2.75, 3.05) is 18.9 Å². The highest BCUT2D eigenvalue weighted by atomic mass is 16.1. The van der Waals surface area contributed by atoms with Gasteiger partial charge >= 0.3 is 0 Å². The van der Waals surface area contributed by atoms with Crippen LogP contribution in [0, 0.1) is 5.92 Å². The monoisotopic (exact) mass is 277 g/mol. The van der Waals surface area contributed by atoms with Gasteiger partial charge in [0.1, 0.15) is 5.82 Å². The van der Waals surface area contributed by atoms with Crippen molar-refractivity contribution in [3.8, 4) is 0 Å². The average Bonchev–Trinajstić information content (AvgIpc) is 2.50. The highest BCUT2D eigenvalue weighted by Crippen LogP contribution is 2.33. The molecular formula is C14H23N5O. The first-order chi connectivity index (χ1) is 9.58. The zero-order valence-electron chi connectivity index (χ0n) is 12.1. The van der Waals surface area contributed by atoms with Crippen LogP contribution in [0.5, 0.6) is 0 Å². The molecule has 0 aromatic carbocycles. The number of amides is 1. The highest BCUT2D eigenvalue weighted by molar-refractivity contribution is 5.91. The molecule has 1 heterocycles. The average molecular weight is 277 g/mol.